The number of esters is 2. The molecule has 0 aliphatic rings. The number of carbonyl (C=O) groups excluding carboxylic acids is 2. The Morgan fingerprint density at radius 3 is 2.08 bits per heavy atom. The molecule has 0 N–H and O–H groups in total. The van der Waals surface area contributed by atoms with E-state index in [0.29, 0.717) is 25.7 Å². The fourth-order valence-corrected chi connectivity index (χ4v) is 2.51. The minimum absolute atomic E-state index is 0.0186. The van der Waals surface area contributed by atoms with Crippen LogP contribution in [0.1, 0.15) is 52.4 Å². The average Bonchev–Trinajstić information content (AvgIpc) is 2.62. The lowest BCUT2D eigenvalue weighted by Gasteiger charge is -2.26. The third-order valence-electron chi connectivity index (χ3n) is 3.42. The summed E-state index contributed by atoms with van der Waals surface area (Å²) in [7, 11) is 0. The van der Waals surface area contributed by atoms with Crippen LogP contribution in [0.3, 0.4) is 0 Å². The van der Waals surface area contributed by atoms with E-state index in [4.69, 9.17) is 22.3 Å². The fraction of sp³-hybridized carbons (Fsp3) is 0.524. The topological polar surface area (TPSA) is 52.6 Å². The highest BCUT2D eigenvalue weighted by Gasteiger charge is 2.47. The van der Waals surface area contributed by atoms with Gasteiger partial charge < -0.3 is 9.47 Å². The van der Waals surface area contributed by atoms with Crippen molar-refractivity contribution in [3.05, 3.63) is 9.66 Å². The van der Waals surface area contributed by atoms with Gasteiger partial charge in [-0.05, 0) is 52.9 Å². The number of terminal acetylenes is 2. The van der Waals surface area contributed by atoms with Gasteiger partial charge in [0.25, 0.3) is 0 Å². The predicted molar refractivity (Wildman–Crippen MR) is 111 cm³/mol. The number of allylic oxidation sites excluding steroid dienone is 2. The van der Waals surface area contributed by atoms with Gasteiger partial charge in [-0.3, -0.25) is 9.59 Å². The van der Waals surface area contributed by atoms with Crippen molar-refractivity contribution in [3.63, 3.8) is 0 Å². The van der Waals surface area contributed by atoms with Gasteiger partial charge in [-0.25, -0.2) is 0 Å². The highest BCUT2D eigenvalue weighted by Crippen LogP contribution is 2.33. The van der Waals surface area contributed by atoms with Crippen molar-refractivity contribution in [2.75, 3.05) is 13.2 Å². The molecule has 0 fully saturated rings. The second-order valence-corrected chi connectivity index (χ2v) is 6.70. The van der Waals surface area contributed by atoms with Gasteiger partial charge in [-0.2, -0.15) is 0 Å². The van der Waals surface area contributed by atoms with E-state index in [0.717, 1.165) is 3.58 Å². The molecule has 0 heterocycles. The summed E-state index contributed by atoms with van der Waals surface area (Å²) in [6.07, 6.45) is 14.8. The number of halogens is 1. The summed E-state index contributed by atoms with van der Waals surface area (Å²) in [4.78, 5) is 25.3. The Bertz CT molecular complexity index is 620. The largest absolute Gasteiger partial charge is 0.465 e. The second-order valence-electron chi connectivity index (χ2n) is 5.32. The SMILES string of the molecule is C#CCCC#CCC(C/C=C(\I)CCC#C)(C(=O)OCC)C(=O)OCC. The van der Waals surface area contributed by atoms with Crippen LogP contribution in [0.4, 0.5) is 0 Å². The molecule has 26 heavy (non-hydrogen) atoms. The van der Waals surface area contributed by atoms with Crippen LogP contribution in [0.25, 0.3) is 0 Å². The summed E-state index contributed by atoms with van der Waals surface area (Å²) >= 11 is 2.15. The van der Waals surface area contributed by atoms with E-state index in [1.165, 1.54) is 0 Å². The molecule has 0 aliphatic carbocycles. The molecule has 140 valence electrons. The Hall–Kier alpha value is -1.91. The summed E-state index contributed by atoms with van der Waals surface area (Å²) in [5, 5.41) is 0. The van der Waals surface area contributed by atoms with Gasteiger partial charge in [-0.15, -0.1) is 36.5 Å². The van der Waals surface area contributed by atoms with Crippen LogP contribution in [-0.4, -0.2) is 25.2 Å². The zero-order valence-corrected chi connectivity index (χ0v) is 17.6. The van der Waals surface area contributed by atoms with Gasteiger partial charge in [-0.1, -0.05) is 6.08 Å². The van der Waals surface area contributed by atoms with E-state index in [-0.39, 0.29) is 26.1 Å². The fourth-order valence-electron chi connectivity index (χ4n) is 2.02. The Morgan fingerprint density at radius 1 is 1.00 bits per heavy atom. The molecule has 0 atom stereocenters. The van der Waals surface area contributed by atoms with Gasteiger partial charge in [0.1, 0.15) is 0 Å². The van der Waals surface area contributed by atoms with Crippen LogP contribution < -0.4 is 0 Å². The quantitative estimate of drug-likeness (QED) is 0.160. The molecule has 5 heteroatoms. The number of hydrogen-bond acceptors (Lipinski definition) is 4. The standard InChI is InChI=1S/C21H25IO4/c1-5-9-11-12-13-16-21(19(23)25-7-3,20(24)26-8-4)17-15-18(22)14-10-6-2/h1-2,15H,7-11,14,16-17H2,3-4H3/b18-15-. The van der Waals surface area contributed by atoms with E-state index in [1.54, 1.807) is 13.8 Å². The van der Waals surface area contributed by atoms with Gasteiger partial charge >= 0.3 is 11.9 Å². The smallest absolute Gasteiger partial charge is 0.324 e. The predicted octanol–water partition coefficient (Wildman–Crippen LogP) is 4.03. The number of carbonyl (C=O) groups is 2. The molecule has 0 unspecified atom stereocenters. The van der Waals surface area contributed by atoms with Crippen molar-refractivity contribution >= 4 is 34.5 Å². The summed E-state index contributed by atoms with van der Waals surface area (Å²) in [6, 6.07) is 0. The maximum Gasteiger partial charge on any atom is 0.324 e. The van der Waals surface area contributed by atoms with Gasteiger partial charge in [0.05, 0.1) is 13.2 Å². The Labute approximate surface area is 170 Å². The molecule has 0 amide bonds. The van der Waals surface area contributed by atoms with Gasteiger partial charge in [0.2, 0.25) is 0 Å². The van der Waals surface area contributed by atoms with E-state index >= 15 is 0 Å². The maximum atomic E-state index is 12.6. The van der Waals surface area contributed by atoms with E-state index in [2.05, 4.69) is 46.3 Å². The Balaban J connectivity index is 5.67. The molecule has 0 rings (SSSR count). The van der Waals surface area contributed by atoms with E-state index in [1.807, 2.05) is 6.08 Å². The normalized spacial score (nSPS) is 10.7. The lowest BCUT2D eigenvalue weighted by atomic mass is 9.80. The first-order chi connectivity index (χ1) is 12.5. The van der Waals surface area contributed by atoms with E-state index in [9.17, 15) is 9.59 Å². The minimum atomic E-state index is -1.48. The molecule has 0 spiro atoms. The van der Waals surface area contributed by atoms with Crippen LogP contribution in [0, 0.1) is 41.9 Å². The molecule has 0 radical (unpaired) electrons. The lowest BCUT2D eigenvalue weighted by molar-refractivity contribution is -0.171. The molecular weight excluding hydrogens is 443 g/mol. The van der Waals surface area contributed by atoms with E-state index < -0.39 is 17.4 Å². The highest BCUT2D eigenvalue weighted by molar-refractivity contribution is 14.1. The molecule has 0 aromatic rings. The molecular formula is C21H25IO4. The molecule has 0 aromatic heterocycles. The molecule has 0 aliphatic heterocycles. The van der Waals surface area contributed by atoms with Crippen LogP contribution in [0.5, 0.6) is 0 Å². The summed E-state index contributed by atoms with van der Waals surface area (Å²) in [6.45, 7) is 3.72. The number of unbranched alkanes of at least 4 members (excludes halogenated alkanes) is 1. The summed E-state index contributed by atoms with van der Waals surface area (Å²) in [5.74, 6) is 9.62. The van der Waals surface area contributed by atoms with Crippen LogP contribution in [0.15, 0.2) is 9.66 Å². The second kappa shape index (κ2) is 14.3. The van der Waals surface area contributed by atoms with Crippen LogP contribution in [0.2, 0.25) is 0 Å². The number of hydrogen-bond donors (Lipinski definition) is 0. The first-order valence-electron chi connectivity index (χ1n) is 8.50. The Morgan fingerprint density at radius 2 is 1.58 bits per heavy atom. The van der Waals surface area contributed by atoms with Crippen molar-refractivity contribution in [1.29, 1.82) is 0 Å². The Kier molecular flexibility index (Phi) is 13.2. The highest BCUT2D eigenvalue weighted by atomic mass is 127. The zero-order valence-electron chi connectivity index (χ0n) is 15.4. The molecule has 0 aromatic carbocycles. The number of ether oxygens (including phenoxy) is 2. The zero-order chi connectivity index (χ0) is 19.8. The van der Waals surface area contributed by atoms with Crippen molar-refractivity contribution in [3.8, 4) is 36.5 Å². The third-order valence-corrected chi connectivity index (χ3v) is 4.40. The van der Waals surface area contributed by atoms with Gasteiger partial charge in [0.15, 0.2) is 5.41 Å². The first-order valence-corrected chi connectivity index (χ1v) is 9.57. The van der Waals surface area contributed by atoms with Crippen LogP contribution >= 0.6 is 22.6 Å². The third kappa shape index (κ3) is 8.45. The average molecular weight is 468 g/mol. The minimum Gasteiger partial charge on any atom is -0.465 e. The maximum absolute atomic E-state index is 12.6. The van der Waals surface area contributed by atoms with Gasteiger partial charge in [0, 0.05) is 25.7 Å². The monoisotopic (exact) mass is 468 g/mol. The molecule has 0 saturated heterocycles. The number of rotatable bonds is 10. The summed E-state index contributed by atoms with van der Waals surface area (Å²) < 4.78 is 11.3. The van der Waals surface area contributed by atoms with Crippen molar-refractivity contribution in [1.82, 2.24) is 0 Å². The lowest BCUT2D eigenvalue weighted by Crippen LogP contribution is -2.41. The van der Waals surface area contributed by atoms with Crippen molar-refractivity contribution < 1.29 is 19.1 Å². The van der Waals surface area contributed by atoms with Crippen molar-refractivity contribution in [2.45, 2.75) is 52.4 Å². The van der Waals surface area contributed by atoms with Crippen molar-refractivity contribution in [2.24, 2.45) is 5.41 Å². The molecule has 0 bridgehead atoms. The first kappa shape index (κ1) is 24.1. The molecule has 0 saturated carbocycles. The summed E-state index contributed by atoms with van der Waals surface area (Å²) in [5.41, 5.74) is -1.48. The molecule has 4 nitrogen and oxygen atoms in total. The van der Waals surface area contributed by atoms with Crippen LogP contribution in [-0.2, 0) is 19.1 Å².